The molecular formula is C15H19NO2. The molecule has 96 valence electrons. The van der Waals surface area contributed by atoms with Crippen LogP contribution < -0.4 is 5.32 Å². The summed E-state index contributed by atoms with van der Waals surface area (Å²) in [6, 6.07) is 8.15. The molecule has 1 saturated heterocycles. The quantitative estimate of drug-likeness (QED) is 0.864. The first kappa shape index (κ1) is 11.9. The van der Waals surface area contributed by atoms with E-state index in [0.29, 0.717) is 12.4 Å². The Hall–Kier alpha value is -1.19. The van der Waals surface area contributed by atoms with Gasteiger partial charge in [0.25, 0.3) is 0 Å². The Morgan fingerprint density at radius 3 is 3.06 bits per heavy atom. The minimum atomic E-state index is -0.123. The Balaban J connectivity index is 1.82. The fourth-order valence-electron chi connectivity index (χ4n) is 2.96. The summed E-state index contributed by atoms with van der Waals surface area (Å²) in [6.07, 6.45) is 2.99. The van der Waals surface area contributed by atoms with Crippen molar-refractivity contribution < 1.29 is 9.53 Å². The first-order valence-corrected chi connectivity index (χ1v) is 6.79. The molecule has 3 heteroatoms. The number of Topliss-reactive ketones (excluding diaryl/α,β-unsaturated/α-hetero) is 1. The van der Waals surface area contributed by atoms with Gasteiger partial charge in [0, 0.05) is 19.1 Å². The van der Waals surface area contributed by atoms with Gasteiger partial charge in [-0.25, -0.2) is 0 Å². The molecule has 0 aliphatic carbocycles. The van der Waals surface area contributed by atoms with Gasteiger partial charge in [0.15, 0.2) is 5.78 Å². The molecule has 2 aliphatic rings. The van der Waals surface area contributed by atoms with Crippen LogP contribution >= 0.6 is 0 Å². The number of ketones is 1. The molecule has 2 aliphatic heterocycles. The molecule has 0 spiro atoms. The highest BCUT2D eigenvalue weighted by atomic mass is 16.5. The molecule has 1 N–H and O–H groups in total. The lowest BCUT2D eigenvalue weighted by Gasteiger charge is -2.30. The summed E-state index contributed by atoms with van der Waals surface area (Å²) in [5.41, 5.74) is 2.48. The number of carbonyl (C=O) groups excluding carboxylic acids is 1. The normalized spacial score (nSPS) is 27.6. The third-order valence-corrected chi connectivity index (χ3v) is 3.96. The van der Waals surface area contributed by atoms with E-state index in [1.54, 1.807) is 0 Å². The van der Waals surface area contributed by atoms with E-state index < -0.39 is 0 Å². The zero-order valence-corrected chi connectivity index (χ0v) is 10.5. The van der Waals surface area contributed by atoms with E-state index >= 15 is 0 Å². The highest BCUT2D eigenvalue weighted by molar-refractivity contribution is 5.88. The van der Waals surface area contributed by atoms with Crippen LogP contribution in [0.1, 0.15) is 30.0 Å². The number of ether oxygens (including phenoxy) is 1. The third-order valence-electron chi connectivity index (χ3n) is 3.96. The van der Waals surface area contributed by atoms with Crippen molar-refractivity contribution >= 4 is 5.78 Å². The van der Waals surface area contributed by atoms with Gasteiger partial charge in [-0.05, 0) is 30.4 Å². The molecule has 1 fully saturated rings. The maximum absolute atomic E-state index is 12.6. The fourth-order valence-corrected chi connectivity index (χ4v) is 2.96. The number of carbonyl (C=O) groups is 1. The second-order valence-corrected chi connectivity index (χ2v) is 5.15. The lowest BCUT2D eigenvalue weighted by atomic mass is 9.85. The van der Waals surface area contributed by atoms with E-state index in [1.807, 2.05) is 6.07 Å². The average Bonchev–Trinajstić information content (AvgIpc) is 2.47. The van der Waals surface area contributed by atoms with Gasteiger partial charge in [0.05, 0.1) is 12.6 Å². The van der Waals surface area contributed by atoms with Crippen LogP contribution in [0.15, 0.2) is 24.3 Å². The molecule has 1 aromatic carbocycles. The average molecular weight is 245 g/mol. The molecule has 0 saturated carbocycles. The van der Waals surface area contributed by atoms with Gasteiger partial charge in [0.2, 0.25) is 0 Å². The van der Waals surface area contributed by atoms with Crippen LogP contribution in [0.4, 0.5) is 0 Å². The predicted octanol–water partition coefficient (Wildman–Crippen LogP) is 1.87. The van der Waals surface area contributed by atoms with Gasteiger partial charge in [-0.1, -0.05) is 24.3 Å². The van der Waals surface area contributed by atoms with Crippen molar-refractivity contribution in [1.82, 2.24) is 5.32 Å². The van der Waals surface area contributed by atoms with Crippen molar-refractivity contribution in [2.24, 2.45) is 5.92 Å². The largest absolute Gasteiger partial charge is 0.381 e. The molecule has 18 heavy (non-hydrogen) atoms. The number of nitrogens with one attached hydrogen (secondary N) is 1. The molecule has 0 radical (unpaired) electrons. The summed E-state index contributed by atoms with van der Waals surface area (Å²) >= 11 is 0. The summed E-state index contributed by atoms with van der Waals surface area (Å²) in [5.74, 6) is 0.379. The van der Waals surface area contributed by atoms with Crippen LogP contribution in [-0.4, -0.2) is 25.5 Å². The highest BCUT2D eigenvalue weighted by Crippen LogP contribution is 2.28. The third kappa shape index (κ3) is 2.20. The topological polar surface area (TPSA) is 38.3 Å². The van der Waals surface area contributed by atoms with Crippen LogP contribution in [-0.2, 0) is 16.0 Å². The van der Waals surface area contributed by atoms with Crippen molar-refractivity contribution in [3.8, 4) is 0 Å². The predicted molar refractivity (Wildman–Crippen MR) is 69.4 cm³/mol. The summed E-state index contributed by atoms with van der Waals surface area (Å²) in [4.78, 5) is 12.6. The molecule has 2 atom stereocenters. The number of rotatable bonds is 2. The molecular weight excluding hydrogens is 226 g/mol. The van der Waals surface area contributed by atoms with Gasteiger partial charge in [-0.2, -0.15) is 0 Å². The van der Waals surface area contributed by atoms with E-state index in [-0.39, 0.29) is 12.0 Å². The van der Waals surface area contributed by atoms with E-state index in [0.717, 1.165) is 32.4 Å². The zero-order valence-electron chi connectivity index (χ0n) is 10.5. The number of hydrogen-bond acceptors (Lipinski definition) is 3. The van der Waals surface area contributed by atoms with Gasteiger partial charge in [-0.3, -0.25) is 4.79 Å². The molecule has 2 unspecified atom stereocenters. The lowest BCUT2D eigenvalue weighted by molar-refractivity contribution is -0.129. The number of benzene rings is 1. The van der Waals surface area contributed by atoms with Crippen molar-refractivity contribution in [3.63, 3.8) is 0 Å². The SMILES string of the molecule is O=C(C1CCCOC1)C1NCCc2ccccc21. The zero-order chi connectivity index (χ0) is 12.4. The Morgan fingerprint density at radius 1 is 1.33 bits per heavy atom. The van der Waals surface area contributed by atoms with Gasteiger partial charge in [-0.15, -0.1) is 0 Å². The van der Waals surface area contributed by atoms with Crippen LogP contribution in [0.25, 0.3) is 0 Å². The van der Waals surface area contributed by atoms with Crippen molar-refractivity contribution in [1.29, 1.82) is 0 Å². The Morgan fingerprint density at radius 2 is 2.22 bits per heavy atom. The van der Waals surface area contributed by atoms with Crippen LogP contribution in [0.2, 0.25) is 0 Å². The molecule has 0 aromatic heterocycles. The van der Waals surface area contributed by atoms with Gasteiger partial charge in [0.1, 0.15) is 0 Å². The van der Waals surface area contributed by atoms with E-state index in [1.165, 1.54) is 11.1 Å². The maximum atomic E-state index is 12.6. The molecule has 1 aromatic rings. The van der Waals surface area contributed by atoms with Crippen LogP contribution in [0, 0.1) is 5.92 Å². The van der Waals surface area contributed by atoms with E-state index in [9.17, 15) is 4.79 Å². The summed E-state index contributed by atoms with van der Waals surface area (Å²) < 4.78 is 5.43. The molecule has 3 nitrogen and oxygen atoms in total. The Labute approximate surface area is 108 Å². The minimum absolute atomic E-state index is 0.0717. The van der Waals surface area contributed by atoms with E-state index in [2.05, 4.69) is 23.5 Å². The smallest absolute Gasteiger partial charge is 0.159 e. The van der Waals surface area contributed by atoms with Crippen molar-refractivity contribution in [3.05, 3.63) is 35.4 Å². The van der Waals surface area contributed by atoms with Crippen molar-refractivity contribution in [2.45, 2.75) is 25.3 Å². The second kappa shape index (κ2) is 5.21. The second-order valence-electron chi connectivity index (χ2n) is 5.15. The highest BCUT2D eigenvalue weighted by Gasteiger charge is 2.32. The summed E-state index contributed by atoms with van der Waals surface area (Å²) in [6.45, 7) is 2.29. The molecule has 0 amide bonds. The maximum Gasteiger partial charge on any atom is 0.159 e. The molecule has 0 bridgehead atoms. The molecule has 3 rings (SSSR count). The van der Waals surface area contributed by atoms with Crippen molar-refractivity contribution in [2.75, 3.05) is 19.8 Å². The number of fused-ring (bicyclic) bond motifs is 1. The monoisotopic (exact) mass is 245 g/mol. The summed E-state index contributed by atoms with van der Waals surface area (Å²) in [7, 11) is 0. The molecule has 2 heterocycles. The van der Waals surface area contributed by atoms with Crippen LogP contribution in [0.3, 0.4) is 0 Å². The first-order valence-electron chi connectivity index (χ1n) is 6.79. The fraction of sp³-hybridized carbons (Fsp3) is 0.533. The van der Waals surface area contributed by atoms with E-state index in [4.69, 9.17) is 4.74 Å². The standard InChI is InChI=1S/C15H19NO2/c17-15(12-5-3-9-18-10-12)14-13-6-2-1-4-11(13)7-8-16-14/h1-2,4,6,12,14,16H,3,5,7-10H2. The van der Waals surface area contributed by atoms with Crippen LogP contribution in [0.5, 0.6) is 0 Å². The minimum Gasteiger partial charge on any atom is -0.381 e. The Bertz CT molecular complexity index is 438. The lowest BCUT2D eigenvalue weighted by Crippen LogP contribution is -2.40. The first-order chi connectivity index (χ1) is 8.86. The number of hydrogen-bond donors (Lipinski definition) is 1. The Kier molecular flexibility index (Phi) is 3.43. The van der Waals surface area contributed by atoms with Gasteiger partial charge >= 0.3 is 0 Å². The summed E-state index contributed by atoms with van der Waals surface area (Å²) in [5, 5.41) is 3.37. The van der Waals surface area contributed by atoms with Gasteiger partial charge < -0.3 is 10.1 Å².